The number of rotatable bonds is 5. The van der Waals surface area contributed by atoms with Crippen LogP contribution in [-0.4, -0.2) is 29.5 Å². The van der Waals surface area contributed by atoms with Crippen LogP contribution in [0.25, 0.3) is 10.9 Å². The standard InChI is InChI=1S/C26H29ClN2O3/c1-16-6-4-5-7-23(16)28-25(30)15-21-17(2)29(24-13-12-20(32-3)14-22(21)24)26(31)18-8-10-19(27)11-9-18/h8-14,16,23H,4-7,15H2,1-3H3,(H,28,30). The number of carbonyl (C=O) groups is 2. The van der Waals surface area contributed by atoms with E-state index in [0.29, 0.717) is 22.3 Å². The Kier molecular flexibility index (Phi) is 6.56. The number of halogens is 1. The summed E-state index contributed by atoms with van der Waals surface area (Å²) in [5.74, 6) is 1.02. The Morgan fingerprint density at radius 1 is 1.12 bits per heavy atom. The van der Waals surface area contributed by atoms with Gasteiger partial charge in [0.05, 0.1) is 19.0 Å². The van der Waals surface area contributed by atoms with Gasteiger partial charge in [0.25, 0.3) is 5.91 Å². The molecule has 0 radical (unpaired) electrons. The van der Waals surface area contributed by atoms with Crippen molar-refractivity contribution in [3.05, 3.63) is 64.3 Å². The van der Waals surface area contributed by atoms with Gasteiger partial charge in [-0.05, 0) is 73.7 Å². The van der Waals surface area contributed by atoms with Gasteiger partial charge in [-0.1, -0.05) is 31.4 Å². The summed E-state index contributed by atoms with van der Waals surface area (Å²) in [6.07, 6.45) is 4.78. The number of carbonyl (C=O) groups excluding carboxylic acids is 2. The summed E-state index contributed by atoms with van der Waals surface area (Å²) >= 11 is 6.00. The van der Waals surface area contributed by atoms with Gasteiger partial charge in [0, 0.05) is 27.7 Å². The molecule has 2 unspecified atom stereocenters. The fourth-order valence-corrected chi connectivity index (χ4v) is 4.87. The summed E-state index contributed by atoms with van der Waals surface area (Å²) in [6, 6.07) is 12.7. The molecule has 3 aromatic rings. The first-order valence-electron chi connectivity index (χ1n) is 11.2. The molecule has 1 aliphatic carbocycles. The molecule has 32 heavy (non-hydrogen) atoms. The van der Waals surface area contributed by atoms with Crippen LogP contribution in [0.1, 0.15) is 54.2 Å². The van der Waals surface area contributed by atoms with Crippen molar-refractivity contribution in [2.45, 2.75) is 52.0 Å². The lowest BCUT2D eigenvalue weighted by molar-refractivity contribution is -0.121. The molecule has 0 spiro atoms. The van der Waals surface area contributed by atoms with E-state index in [1.165, 1.54) is 6.42 Å². The molecule has 1 aromatic heterocycles. The Morgan fingerprint density at radius 2 is 1.84 bits per heavy atom. The molecule has 5 nitrogen and oxygen atoms in total. The van der Waals surface area contributed by atoms with Crippen molar-refractivity contribution in [1.29, 1.82) is 0 Å². The quantitative estimate of drug-likeness (QED) is 0.553. The molecule has 168 valence electrons. The third kappa shape index (κ3) is 4.40. The summed E-state index contributed by atoms with van der Waals surface area (Å²) in [5, 5.41) is 4.67. The zero-order chi connectivity index (χ0) is 22.8. The van der Waals surface area contributed by atoms with Crippen molar-refractivity contribution >= 4 is 34.3 Å². The first-order chi connectivity index (χ1) is 15.4. The number of benzene rings is 2. The fourth-order valence-electron chi connectivity index (χ4n) is 4.74. The van der Waals surface area contributed by atoms with Crippen molar-refractivity contribution in [1.82, 2.24) is 9.88 Å². The predicted molar refractivity (Wildman–Crippen MR) is 128 cm³/mol. The number of ether oxygens (including phenoxy) is 1. The lowest BCUT2D eigenvalue weighted by Crippen LogP contribution is -2.41. The maximum atomic E-state index is 13.4. The number of nitrogens with one attached hydrogen (secondary N) is 1. The highest BCUT2D eigenvalue weighted by Gasteiger charge is 2.25. The van der Waals surface area contributed by atoms with E-state index < -0.39 is 0 Å². The van der Waals surface area contributed by atoms with Crippen LogP contribution in [-0.2, 0) is 11.2 Å². The van der Waals surface area contributed by atoms with E-state index in [2.05, 4.69) is 12.2 Å². The van der Waals surface area contributed by atoms with E-state index in [4.69, 9.17) is 16.3 Å². The first kappa shape index (κ1) is 22.4. The zero-order valence-corrected chi connectivity index (χ0v) is 19.5. The minimum Gasteiger partial charge on any atom is -0.497 e. The number of nitrogens with zero attached hydrogens (tertiary/aromatic N) is 1. The average molecular weight is 453 g/mol. The second kappa shape index (κ2) is 9.37. The molecule has 2 aromatic carbocycles. The summed E-state index contributed by atoms with van der Waals surface area (Å²) in [7, 11) is 1.61. The van der Waals surface area contributed by atoms with Gasteiger partial charge in [0.1, 0.15) is 5.75 Å². The maximum absolute atomic E-state index is 13.4. The summed E-state index contributed by atoms with van der Waals surface area (Å²) in [6.45, 7) is 4.10. The minimum absolute atomic E-state index is 0.00679. The number of amides is 1. The summed E-state index contributed by atoms with van der Waals surface area (Å²) in [4.78, 5) is 26.4. The average Bonchev–Trinajstić information content (AvgIpc) is 3.06. The maximum Gasteiger partial charge on any atom is 0.262 e. The van der Waals surface area contributed by atoms with Crippen molar-refractivity contribution in [2.24, 2.45) is 5.92 Å². The second-order valence-electron chi connectivity index (χ2n) is 8.71. The Labute approximate surface area is 193 Å². The van der Waals surface area contributed by atoms with Crippen LogP contribution >= 0.6 is 11.6 Å². The van der Waals surface area contributed by atoms with Crippen LogP contribution in [0.3, 0.4) is 0 Å². The fraction of sp³-hybridized carbons (Fsp3) is 0.385. The Hall–Kier alpha value is -2.79. The molecule has 0 bridgehead atoms. The monoisotopic (exact) mass is 452 g/mol. The minimum atomic E-state index is -0.151. The van der Waals surface area contributed by atoms with E-state index in [0.717, 1.165) is 41.4 Å². The lowest BCUT2D eigenvalue weighted by atomic mass is 9.86. The Bertz CT molecular complexity index is 1150. The third-order valence-corrected chi connectivity index (χ3v) is 6.88. The lowest BCUT2D eigenvalue weighted by Gasteiger charge is -2.29. The third-order valence-electron chi connectivity index (χ3n) is 6.63. The molecule has 0 aliphatic heterocycles. The van der Waals surface area contributed by atoms with Crippen LogP contribution < -0.4 is 10.1 Å². The van der Waals surface area contributed by atoms with Gasteiger partial charge in [-0.15, -0.1) is 0 Å². The molecule has 0 saturated heterocycles. The highest BCUT2D eigenvalue weighted by Crippen LogP contribution is 2.31. The number of aromatic nitrogens is 1. The van der Waals surface area contributed by atoms with E-state index in [1.54, 1.807) is 35.9 Å². The highest BCUT2D eigenvalue weighted by molar-refractivity contribution is 6.30. The van der Waals surface area contributed by atoms with Gasteiger partial charge in [-0.25, -0.2) is 0 Å². The molecule has 1 aliphatic rings. The van der Waals surface area contributed by atoms with E-state index in [-0.39, 0.29) is 24.3 Å². The molecule has 4 rings (SSSR count). The molecular weight excluding hydrogens is 424 g/mol. The van der Waals surface area contributed by atoms with Gasteiger partial charge < -0.3 is 10.1 Å². The predicted octanol–water partition coefficient (Wildman–Crippen LogP) is 5.54. The van der Waals surface area contributed by atoms with Crippen LogP contribution in [0.2, 0.25) is 5.02 Å². The van der Waals surface area contributed by atoms with E-state index in [1.807, 2.05) is 25.1 Å². The van der Waals surface area contributed by atoms with Crippen molar-refractivity contribution in [3.63, 3.8) is 0 Å². The van der Waals surface area contributed by atoms with Crippen LogP contribution in [0.15, 0.2) is 42.5 Å². The number of fused-ring (bicyclic) bond motifs is 1. The SMILES string of the molecule is COc1ccc2c(c1)c(CC(=O)NC1CCCCC1C)c(C)n2C(=O)c1ccc(Cl)cc1. The zero-order valence-electron chi connectivity index (χ0n) is 18.8. The Balaban J connectivity index is 1.71. The number of methoxy groups -OCH3 is 1. The van der Waals surface area contributed by atoms with E-state index >= 15 is 0 Å². The first-order valence-corrected chi connectivity index (χ1v) is 11.5. The van der Waals surface area contributed by atoms with Crippen LogP contribution in [0, 0.1) is 12.8 Å². The smallest absolute Gasteiger partial charge is 0.262 e. The molecule has 2 atom stereocenters. The number of hydrogen-bond donors (Lipinski definition) is 1. The summed E-state index contributed by atoms with van der Waals surface area (Å²) in [5.41, 5.74) is 2.91. The van der Waals surface area contributed by atoms with Gasteiger partial charge in [0.15, 0.2) is 0 Å². The topological polar surface area (TPSA) is 60.3 Å². The van der Waals surface area contributed by atoms with E-state index in [9.17, 15) is 9.59 Å². The largest absolute Gasteiger partial charge is 0.497 e. The van der Waals surface area contributed by atoms with Crippen molar-refractivity contribution in [2.75, 3.05) is 7.11 Å². The molecule has 1 heterocycles. The van der Waals surface area contributed by atoms with Gasteiger partial charge in [-0.3, -0.25) is 14.2 Å². The second-order valence-corrected chi connectivity index (χ2v) is 9.14. The van der Waals surface area contributed by atoms with Gasteiger partial charge >= 0.3 is 0 Å². The summed E-state index contributed by atoms with van der Waals surface area (Å²) < 4.78 is 7.10. The van der Waals surface area contributed by atoms with Crippen LogP contribution in [0.4, 0.5) is 0 Å². The van der Waals surface area contributed by atoms with Crippen LogP contribution in [0.5, 0.6) is 5.75 Å². The highest BCUT2D eigenvalue weighted by atomic mass is 35.5. The molecule has 1 N–H and O–H groups in total. The van der Waals surface area contributed by atoms with Gasteiger partial charge in [0.2, 0.25) is 5.91 Å². The normalized spacial score (nSPS) is 18.5. The van der Waals surface area contributed by atoms with Gasteiger partial charge in [-0.2, -0.15) is 0 Å². The molecule has 1 fully saturated rings. The number of hydrogen-bond acceptors (Lipinski definition) is 3. The van der Waals surface area contributed by atoms with Crippen molar-refractivity contribution < 1.29 is 14.3 Å². The molecule has 1 amide bonds. The molecule has 1 saturated carbocycles. The van der Waals surface area contributed by atoms with Crippen molar-refractivity contribution in [3.8, 4) is 5.75 Å². The molecular formula is C26H29ClN2O3. The Morgan fingerprint density at radius 3 is 2.53 bits per heavy atom. The molecule has 6 heteroatoms.